The van der Waals surface area contributed by atoms with Gasteiger partial charge >= 0.3 is 0 Å². The number of anilines is 2. The van der Waals surface area contributed by atoms with E-state index in [9.17, 15) is 0 Å². The van der Waals surface area contributed by atoms with Crippen molar-refractivity contribution in [2.75, 3.05) is 36.0 Å². The number of para-hydroxylation sites is 1. The summed E-state index contributed by atoms with van der Waals surface area (Å²) in [6, 6.07) is 12.9. The van der Waals surface area contributed by atoms with Crippen LogP contribution in [0, 0.1) is 18.8 Å². The van der Waals surface area contributed by atoms with Crippen LogP contribution < -0.4 is 9.80 Å². The summed E-state index contributed by atoms with van der Waals surface area (Å²) < 4.78 is 0. The van der Waals surface area contributed by atoms with Crippen molar-refractivity contribution < 1.29 is 0 Å². The summed E-state index contributed by atoms with van der Waals surface area (Å²) in [5, 5.41) is 0. The Morgan fingerprint density at radius 3 is 2.24 bits per heavy atom. The first-order valence-electron chi connectivity index (χ1n) is 7.63. The summed E-state index contributed by atoms with van der Waals surface area (Å²) in [6.45, 7) is 6.58. The third-order valence-corrected chi connectivity index (χ3v) is 4.72. The summed E-state index contributed by atoms with van der Waals surface area (Å²) in [6.07, 6.45) is 1.68. The van der Waals surface area contributed by atoms with Crippen LogP contribution in [0.15, 0.2) is 42.7 Å². The molecule has 4 heteroatoms. The minimum Gasteiger partial charge on any atom is -0.371 e. The van der Waals surface area contributed by atoms with E-state index in [1.807, 2.05) is 6.92 Å². The molecule has 2 aliphatic heterocycles. The Morgan fingerprint density at radius 1 is 0.905 bits per heavy atom. The van der Waals surface area contributed by atoms with E-state index in [4.69, 9.17) is 0 Å². The fraction of sp³-hybridized carbons (Fsp3) is 0.412. The van der Waals surface area contributed by atoms with Crippen LogP contribution in [0.3, 0.4) is 0 Å². The van der Waals surface area contributed by atoms with Crippen molar-refractivity contribution in [3.63, 3.8) is 0 Å². The second-order valence-corrected chi connectivity index (χ2v) is 6.18. The molecule has 4 rings (SSSR count). The van der Waals surface area contributed by atoms with Gasteiger partial charge in [-0.15, -0.1) is 0 Å². The summed E-state index contributed by atoms with van der Waals surface area (Å²) in [5.74, 6) is 2.59. The summed E-state index contributed by atoms with van der Waals surface area (Å²) >= 11 is 0. The first-order valence-corrected chi connectivity index (χ1v) is 7.63. The Bertz CT molecular complexity index is 614. The lowest BCUT2D eigenvalue weighted by Gasteiger charge is -2.23. The summed E-state index contributed by atoms with van der Waals surface area (Å²) in [4.78, 5) is 13.6. The fourth-order valence-electron chi connectivity index (χ4n) is 3.64. The zero-order chi connectivity index (χ0) is 14.2. The Labute approximate surface area is 125 Å². The quantitative estimate of drug-likeness (QED) is 0.845. The standard InChI is InChI=1S/C17H20N4/c1-13-7-17(19-12-18-13)21-10-14-8-20(9-15(14)11-21)16-5-3-2-4-6-16/h2-7,12,14-15H,8-11H2,1H3. The van der Waals surface area contributed by atoms with E-state index in [2.05, 4.69) is 56.2 Å². The van der Waals surface area contributed by atoms with Gasteiger partial charge in [0.25, 0.3) is 0 Å². The molecule has 0 amide bonds. The first kappa shape index (κ1) is 12.6. The molecule has 0 saturated carbocycles. The molecule has 4 nitrogen and oxygen atoms in total. The van der Waals surface area contributed by atoms with E-state index in [0.717, 1.165) is 49.5 Å². The SMILES string of the molecule is Cc1cc(N2CC3CN(c4ccccc4)CC3C2)ncn1. The first-order chi connectivity index (χ1) is 10.3. The minimum absolute atomic E-state index is 0.750. The summed E-state index contributed by atoms with van der Waals surface area (Å²) in [7, 11) is 0. The molecule has 1 aromatic heterocycles. The molecular weight excluding hydrogens is 260 g/mol. The molecule has 2 unspecified atom stereocenters. The van der Waals surface area contributed by atoms with Gasteiger partial charge in [-0.25, -0.2) is 9.97 Å². The highest BCUT2D eigenvalue weighted by Gasteiger charge is 2.40. The Hall–Kier alpha value is -2.10. The molecule has 1 aromatic carbocycles. The zero-order valence-corrected chi connectivity index (χ0v) is 12.3. The summed E-state index contributed by atoms with van der Waals surface area (Å²) in [5.41, 5.74) is 2.40. The number of nitrogens with zero attached hydrogens (tertiary/aromatic N) is 4. The molecule has 0 bridgehead atoms. The molecule has 2 fully saturated rings. The molecule has 2 aliphatic rings. The fourth-order valence-corrected chi connectivity index (χ4v) is 3.64. The van der Waals surface area contributed by atoms with E-state index >= 15 is 0 Å². The normalized spacial score (nSPS) is 24.4. The van der Waals surface area contributed by atoms with E-state index in [1.54, 1.807) is 6.33 Å². The largest absolute Gasteiger partial charge is 0.371 e. The average Bonchev–Trinajstić information content (AvgIpc) is 3.07. The van der Waals surface area contributed by atoms with E-state index in [0.29, 0.717) is 0 Å². The maximum atomic E-state index is 4.43. The van der Waals surface area contributed by atoms with Crippen LogP contribution in [0.2, 0.25) is 0 Å². The highest BCUT2D eigenvalue weighted by molar-refractivity contribution is 5.49. The van der Waals surface area contributed by atoms with Gasteiger partial charge in [0, 0.05) is 55.5 Å². The average molecular weight is 280 g/mol. The van der Waals surface area contributed by atoms with Gasteiger partial charge < -0.3 is 9.80 Å². The van der Waals surface area contributed by atoms with Gasteiger partial charge in [0.05, 0.1) is 0 Å². The van der Waals surface area contributed by atoms with Crippen LogP contribution in [0.25, 0.3) is 0 Å². The lowest BCUT2D eigenvalue weighted by atomic mass is 10.0. The van der Waals surface area contributed by atoms with Crippen molar-refractivity contribution in [3.8, 4) is 0 Å². The maximum absolute atomic E-state index is 4.43. The second-order valence-electron chi connectivity index (χ2n) is 6.18. The highest BCUT2D eigenvalue weighted by atomic mass is 15.3. The van der Waals surface area contributed by atoms with Crippen LogP contribution in [-0.2, 0) is 0 Å². The topological polar surface area (TPSA) is 32.3 Å². The van der Waals surface area contributed by atoms with Gasteiger partial charge in [-0.3, -0.25) is 0 Å². The molecule has 0 aliphatic carbocycles. The molecule has 2 saturated heterocycles. The number of fused-ring (bicyclic) bond motifs is 1. The van der Waals surface area contributed by atoms with Crippen molar-refractivity contribution in [2.45, 2.75) is 6.92 Å². The number of aromatic nitrogens is 2. The molecular formula is C17H20N4. The van der Waals surface area contributed by atoms with Crippen molar-refractivity contribution in [1.29, 1.82) is 0 Å². The van der Waals surface area contributed by atoms with Crippen molar-refractivity contribution in [3.05, 3.63) is 48.4 Å². The monoisotopic (exact) mass is 280 g/mol. The lowest BCUT2D eigenvalue weighted by molar-refractivity contribution is 0.533. The maximum Gasteiger partial charge on any atom is 0.132 e. The van der Waals surface area contributed by atoms with Crippen LogP contribution >= 0.6 is 0 Å². The molecule has 2 aromatic rings. The lowest BCUT2D eigenvalue weighted by Crippen LogP contribution is -2.29. The Kier molecular flexibility index (Phi) is 3.02. The zero-order valence-electron chi connectivity index (χ0n) is 12.3. The number of rotatable bonds is 2. The molecule has 3 heterocycles. The Balaban J connectivity index is 1.46. The van der Waals surface area contributed by atoms with Gasteiger partial charge in [-0.05, 0) is 19.1 Å². The molecule has 0 spiro atoms. The molecule has 0 N–H and O–H groups in total. The van der Waals surface area contributed by atoms with Crippen LogP contribution in [-0.4, -0.2) is 36.1 Å². The molecule has 108 valence electrons. The number of benzene rings is 1. The van der Waals surface area contributed by atoms with Crippen LogP contribution in [0.1, 0.15) is 5.69 Å². The van der Waals surface area contributed by atoms with Gasteiger partial charge in [-0.2, -0.15) is 0 Å². The third kappa shape index (κ3) is 2.35. The highest BCUT2D eigenvalue weighted by Crippen LogP contribution is 2.35. The van der Waals surface area contributed by atoms with Crippen molar-refractivity contribution >= 4 is 11.5 Å². The predicted octanol–water partition coefficient (Wildman–Crippen LogP) is 2.36. The van der Waals surface area contributed by atoms with Gasteiger partial charge in [0.2, 0.25) is 0 Å². The number of hydrogen-bond acceptors (Lipinski definition) is 4. The molecule has 0 radical (unpaired) electrons. The van der Waals surface area contributed by atoms with Crippen LogP contribution in [0.5, 0.6) is 0 Å². The van der Waals surface area contributed by atoms with Crippen molar-refractivity contribution in [2.24, 2.45) is 11.8 Å². The molecule has 21 heavy (non-hydrogen) atoms. The number of hydrogen-bond donors (Lipinski definition) is 0. The van der Waals surface area contributed by atoms with Gasteiger partial charge in [0.15, 0.2) is 0 Å². The second kappa shape index (κ2) is 5.02. The Morgan fingerprint density at radius 2 is 1.57 bits per heavy atom. The van der Waals surface area contributed by atoms with E-state index < -0.39 is 0 Å². The van der Waals surface area contributed by atoms with Crippen molar-refractivity contribution in [1.82, 2.24) is 9.97 Å². The van der Waals surface area contributed by atoms with E-state index in [-0.39, 0.29) is 0 Å². The third-order valence-electron chi connectivity index (χ3n) is 4.72. The number of aryl methyl sites for hydroxylation is 1. The van der Waals surface area contributed by atoms with Gasteiger partial charge in [-0.1, -0.05) is 18.2 Å². The minimum atomic E-state index is 0.750. The molecule has 2 atom stereocenters. The predicted molar refractivity (Wildman–Crippen MR) is 84.6 cm³/mol. The van der Waals surface area contributed by atoms with E-state index in [1.165, 1.54) is 5.69 Å². The van der Waals surface area contributed by atoms with Gasteiger partial charge in [0.1, 0.15) is 12.1 Å². The smallest absolute Gasteiger partial charge is 0.132 e. The van der Waals surface area contributed by atoms with Crippen LogP contribution in [0.4, 0.5) is 11.5 Å².